The van der Waals surface area contributed by atoms with Crippen molar-refractivity contribution in [1.82, 2.24) is 5.32 Å². The van der Waals surface area contributed by atoms with Crippen LogP contribution in [0, 0.1) is 29.6 Å². The van der Waals surface area contributed by atoms with Gasteiger partial charge in [0.05, 0.1) is 61.8 Å². The number of esters is 1. The van der Waals surface area contributed by atoms with Crippen LogP contribution in [0.5, 0.6) is 0 Å². The SMILES string of the molecule is CC=C(CO)C(=O)OC1CC2C(O)C3C(=O)CC(CO)OC3C(CC3CCNC(N)C3)C2OC1(C)CCC1CCC(N)[NH2+]C1. The zero-order valence-electron chi connectivity index (χ0n) is 26.3. The summed E-state index contributed by atoms with van der Waals surface area (Å²) < 4.78 is 19.6. The molecule has 0 bridgehead atoms. The number of ketones is 1. The lowest BCUT2D eigenvalue weighted by molar-refractivity contribution is -0.703. The molecule has 4 heterocycles. The molecule has 0 aromatic carbocycles. The van der Waals surface area contributed by atoms with E-state index in [-0.39, 0.29) is 48.6 Å². The summed E-state index contributed by atoms with van der Waals surface area (Å²) >= 11 is 0. The van der Waals surface area contributed by atoms with Crippen LogP contribution in [0.3, 0.4) is 0 Å². The summed E-state index contributed by atoms with van der Waals surface area (Å²) in [7, 11) is 0. The number of Topliss-reactive ketones (excluding diaryl/α,β-unsaturated/α-hetero) is 1. The third-order valence-corrected chi connectivity index (χ3v) is 11.3. The maximum atomic E-state index is 13.5. The molecule has 13 unspecified atom stereocenters. The third-order valence-electron chi connectivity index (χ3n) is 11.3. The number of hydrogen-bond donors (Lipinski definition) is 7. The number of quaternary nitrogens is 1. The number of aliphatic hydroxyl groups is 3. The molecule has 0 radical (unpaired) electrons. The van der Waals surface area contributed by atoms with Crippen LogP contribution in [-0.2, 0) is 23.8 Å². The minimum absolute atomic E-state index is 0.0528. The van der Waals surface area contributed by atoms with E-state index >= 15 is 0 Å². The Bertz CT molecular complexity index is 1040. The van der Waals surface area contributed by atoms with Crippen molar-refractivity contribution >= 4 is 11.8 Å². The molecule has 4 saturated heterocycles. The molecule has 5 rings (SSSR count). The van der Waals surface area contributed by atoms with Crippen LogP contribution in [0.25, 0.3) is 0 Å². The highest BCUT2D eigenvalue weighted by atomic mass is 16.6. The first-order valence-electron chi connectivity index (χ1n) is 16.8. The number of allylic oxidation sites excluding steroid dienone is 1. The van der Waals surface area contributed by atoms with E-state index in [1.54, 1.807) is 13.0 Å². The van der Waals surface area contributed by atoms with Gasteiger partial charge in [-0.3, -0.25) is 10.5 Å². The van der Waals surface area contributed by atoms with Crippen LogP contribution in [-0.4, -0.2) is 102 Å². The summed E-state index contributed by atoms with van der Waals surface area (Å²) in [6.07, 6.45) is 4.51. The maximum absolute atomic E-state index is 13.5. The number of ether oxygens (including phenoxy) is 3. The van der Waals surface area contributed by atoms with E-state index in [1.165, 1.54) is 0 Å². The molecule has 250 valence electrons. The first-order chi connectivity index (χ1) is 21.1. The molecule has 0 spiro atoms. The maximum Gasteiger partial charge on any atom is 0.336 e. The average Bonchev–Trinajstić information content (AvgIpc) is 3.00. The molecule has 0 aromatic rings. The Morgan fingerprint density at radius 2 is 1.98 bits per heavy atom. The van der Waals surface area contributed by atoms with Gasteiger partial charge in [0, 0.05) is 30.6 Å². The summed E-state index contributed by atoms with van der Waals surface area (Å²) in [6.45, 7) is 4.71. The monoisotopic (exact) mass is 623 g/mol. The van der Waals surface area contributed by atoms with E-state index in [0.717, 1.165) is 51.6 Å². The van der Waals surface area contributed by atoms with Crippen LogP contribution in [0.2, 0.25) is 0 Å². The van der Waals surface area contributed by atoms with Crippen LogP contribution >= 0.6 is 0 Å². The van der Waals surface area contributed by atoms with Gasteiger partial charge in [0.15, 0.2) is 0 Å². The Kier molecular flexibility index (Phi) is 11.2. The number of nitrogens with two attached hydrogens (primary N) is 3. The first-order valence-corrected chi connectivity index (χ1v) is 16.8. The zero-order chi connectivity index (χ0) is 31.6. The van der Waals surface area contributed by atoms with Gasteiger partial charge in [-0.2, -0.15) is 0 Å². The molecule has 13 atom stereocenters. The topological polar surface area (TPSA) is 203 Å². The van der Waals surface area contributed by atoms with Crippen molar-refractivity contribution in [1.29, 1.82) is 0 Å². The Morgan fingerprint density at radius 1 is 1.18 bits per heavy atom. The van der Waals surface area contributed by atoms with E-state index in [0.29, 0.717) is 18.8 Å². The number of piperidine rings is 2. The number of carbonyl (C=O) groups is 2. The fourth-order valence-electron chi connectivity index (χ4n) is 8.61. The fraction of sp³-hybridized carbons (Fsp3) is 0.875. The van der Waals surface area contributed by atoms with E-state index < -0.39 is 60.5 Å². The second-order valence-corrected chi connectivity index (χ2v) is 14.2. The van der Waals surface area contributed by atoms with Crippen molar-refractivity contribution in [3.05, 3.63) is 11.6 Å². The van der Waals surface area contributed by atoms with Crippen molar-refractivity contribution in [3.63, 3.8) is 0 Å². The normalized spacial score (nSPS) is 44.9. The molecule has 1 saturated carbocycles. The van der Waals surface area contributed by atoms with Gasteiger partial charge in [0.25, 0.3) is 0 Å². The molecule has 4 aliphatic heterocycles. The predicted molar refractivity (Wildman–Crippen MR) is 161 cm³/mol. The highest BCUT2D eigenvalue weighted by molar-refractivity contribution is 5.88. The van der Waals surface area contributed by atoms with Gasteiger partial charge < -0.3 is 45.9 Å². The molecule has 5 fully saturated rings. The van der Waals surface area contributed by atoms with Crippen molar-refractivity contribution in [3.8, 4) is 0 Å². The largest absolute Gasteiger partial charge is 0.456 e. The summed E-state index contributed by atoms with van der Waals surface area (Å²) in [5.74, 6) is -1.37. The van der Waals surface area contributed by atoms with E-state index in [1.807, 2.05) is 6.92 Å². The Balaban J connectivity index is 1.45. The second kappa shape index (κ2) is 14.5. The molecule has 5 aliphatic rings. The number of fused-ring (bicyclic) bond motifs is 2. The Hall–Kier alpha value is -1.48. The van der Waals surface area contributed by atoms with Crippen LogP contribution < -0.4 is 22.1 Å². The highest BCUT2D eigenvalue weighted by Crippen LogP contribution is 2.52. The van der Waals surface area contributed by atoms with E-state index in [9.17, 15) is 24.9 Å². The van der Waals surface area contributed by atoms with E-state index in [2.05, 4.69) is 10.6 Å². The highest BCUT2D eigenvalue weighted by Gasteiger charge is 2.61. The summed E-state index contributed by atoms with van der Waals surface area (Å²) in [6, 6.07) is 0. The van der Waals surface area contributed by atoms with Crippen molar-refractivity contribution in [2.45, 2.75) is 120 Å². The standard InChI is InChI=1S/C32H54N4O8/c1-3-19(15-37)31(41)43-24-13-21-28(40)27-23(39)12-20(16-38)42-30(27)22(10-18-7-9-35-26(34)11-18)29(21)44-32(24,2)8-6-17-4-5-25(33)36-14-17/h3,17-18,20-22,24-30,35-38,40H,4-16,33-34H2,1-2H3/p+1. The van der Waals surface area contributed by atoms with Gasteiger partial charge in [-0.05, 0) is 71.3 Å². The van der Waals surface area contributed by atoms with Crippen LogP contribution in [0.1, 0.15) is 71.6 Å². The van der Waals surface area contributed by atoms with E-state index in [4.69, 9.17) is 25.7 Å². The van der Waals surface area contributed by atoms with Gasteiger partial charge >= 0.3 is 5.97 Å². The van der Waals surface area contributed by atoms with Gasteiger partial charge in [-0.15, -0.1) is 0 Å². The number of hydrogen-bond acceptors (Lipinski definition) is 11. The molecule has 12 nitrogen and oxygen atoms in total. The number of nitrogens with one attached hydrogen (secondary N) is 1. The van der Waals surface area contributed by atoms with Crippen molar-refractivity contribution < 1.29 is 44.4 Å². The summed E-state index contributed by atoms with van der Waals surface area (Å²) in [5, 5.41) is 37.0. The molecule has 0 amide bonds. The third kappa shape index (κ3) is 7.24. The van der Waals surface area contributed by atoms with Gasteiger partial charge in [-0.25, -0.2) is 4.79 Å². The van der Waals surface area contributed by atoms with Crippen molar-refractivity contribution in [2.75, 3.05) is 26.3 Å². The molecule has 44 heavy (non-hydrogen) atoms. The Labute approximate surface area is 260 Å². The van der Waals surface area contributed by atoms with Gasteiger partial charge in [0.2, 0.25) is 0 Å². The van der Waals surface area contributed by atoms with Gasteiger partial charge in [-0.1, -0.05) is 6.08 Å². The first kappa shape index (κ1) is 33.9. The molecule has 1 aliphatic carbocycles. The zero-order valence-corrected chi connectivity index (χ0v) is 26.3. The number of aliphatic hydroxyl groups excluding tert-OH is 3. The lowest BCUT2D eigenvalue weighted by Crippen LogP contribution is -2.95. The summed E-state index contributed by atoms with van der Waals surface area (Å²) in [5.41, 5.74) is 11.7. The molecule has 12 heteroatoms. The quantitative estimate of drug-likeness (QED) is 0.123. The van der Waals surface area contributed by atoms with Crippen molar-refractivity contribution in [2.24, 2.45) is 41.1 Å². The van der Waals surface area contributed by atoms with Crippen LogP contribution in [0.4, 0.5) is 0 Å². The number of rotatable bonds is 9. The van der Waals surface area contributed by atoms with Gasteiger partial charge in [0.1, 0.15) is 23.7 Å². The lowest BCUT2D eigenvalue weighted by Gasteiger charge is -2.58. The average molecular weight is 624 g/mol. The molecular formula is C32H55N4O8+. The summed E-state index contributed by atoms with van der Waals surface area (Å²) in [4.78, 5) is 26.6. The minimum Gasteiger partial charge on any atom is -0.456 e. The molecule has 10 N–H and O–H groups in total. The second-order valence-electron chi connectivity index (χ2n) is 14.2. The smallest absolute Gasteiger partial charge is 0.336 e. The predicted octanol–water partition coefficient (Wildman–Crippen LogP) is -0.961. The Morgan fingerprint density at radius 3 is 2.64 bits per heavy atom. The molecular weight excluding hydrogens is 568 g/mol. The van der Waals surface area contributed by atoms with Crippen LogP contribution in [0.15, 0.2) is 11.6 Å². The number of carbonyl (C=O) groups excluding carboxylic acids is 2. The molecule has 0 aromatic heterocycles. The lowest BCUT2D eigenvalue weighted by atomic mass is 9.60. The fourth-order valence-corrected chi connectivity index (χ4v) is 8.61. The minimum atomic E-state index is -1.04.